The number of carbonyl (C=O) groups is 1. The summed E-state index contributed by atoms with van der Waals surface area (Å²) in [6.45, 7) is 8.80. The average Bonchev–Trinajstić information content (AvgIpc) is 3.07. The summed E-state index contributed by atoms with van der Waals surface area (Å²) in [4.78, 5) is 16.4. The third-order valence-electron chi connectivity index (χ3n) is 5.93. The van der Waals surface area contributed by atoms with E-state index in [1.165, 1.54) is 16.0 Å². The third-order valence-corrected chi connectivity index (χ3v) is 7.06. The van der Waals surface area contributed by atoms with Crippen molar-refractivity contribution in [2.45, 2.75) is 46.7 Å². The minimum absolute atomic E-state index is 0.0636. The van der Waals surface area contributed by atoms with E-state index in [-0.39, 0.29) is 5.91 Å². The highest BCUT2D eigenvalue weighted by atomic mass is 32.1. The third kappa shape index (κ3) is 4.71. The molecule has 0 saturated heterocycles. The second-order valence-corrected chi connectivity index (χ2v) is 9.47. The van der Waals surface area contributed by atoms with Gasteiger partial charge in [0.2, 0.25) is 5.91 Å². The number of anilines is 1. The fourth-order valence-corrected chi connectivity index (χ4v) is 5.72. The molecule has 2 heterocycles. The van der Waals surface area contributed by atoms with Gasteiger partial charge in [-0.3, -0.25) is 9.69 Å². The Bertz CT molecular complexity index is 1130. The van der Waals surface area contributed by atoms with Gasteiger partial charge in [0.25, 0.3) is 0 Å². The summed E-state index contributed by atoms with van der Waals surface area (Å²) < 4.78 is 0. The monoisotopic (exact) mass is 429 g/mol. The zero-order valence-corrected chi connectivity index (χ0v) is 19.1. The van der Waals surface area contributed by atoms with Gasteiger partial charge in [-0.25, -0.2) is 0 Å². The van der Waals surface area contributed by atoms with Crippen LogP contribution in [-0.4, -0.2) is 17.4 Å². The van der Waals surface area contributed by atoms with E-state index < -0.39 is 0 Å². The number of nitrogens with one attached hydrogen (secondary N) is 1. The minimum atomic E-state index is -0.0636. The first-order chi connectivity index (χ1) is 14.9. The lowest BCUT2D eigenvalue weighted by Crippen LogP contribution is -2.29. The second kappa shape index (κ2) is 9.05. The summed E-state index contributed by atoms with van der Waals surface area (Å²) in [5.74, 6) is -0.0636. The Morgan fingerprint density at radius 2 is 1.87 bits per heavy atom. The number of nitrogens with zero attached hydrogens (tertiary/aromatic N) is 2. The number of nitriles is 1. The Kier molecular flexibility index (Phi) is 6.22. The molecule has 5 heteroatoms. The summed E-state index contributed by atoms with van der Waals surface area (Å²) in [6, 6.07) is 17.0. The van der Waals surface area contributed by atoms with E-state index in [0.717, 1.165) is 48.3 Å². The van der Waals surface area contributed by atoms with Crippen molar-refractivity contribution in [2.75, 3.05) is 11.9 Å². The van der Waals surface area contributed by atoms with Crippen molar-refractivity contribution in [3.63, 3.8) is 0 Å². The summed E-state index contributed by atoms with van der Waals surface area (Å²) in [5.41, 5.74) is 7.58. The van der Waals surface area contributed by atoms with Crippen LogP contribution < -0.4 is 5.32 Å². The lowest BCUT2D eigenvalue weighted by Gasteiger charge is -2.26. The molecule has 1 aliphatic heterocycles. The second-order valence-electron chi connectivity index (χ2n) is 8.37. The number of benzene rings is 2. The summed E-state index contributed by atoms with van der Waals surface area (Å²) >= 11 is 1.55. The first-order valence-corrected chi connectivity index (χ1v) is 11.4. The summed E-state index contributed by atoms with van der Waals surface area (Å²) in [6.07, 6.45) is 1.17. The van der Waals surface area contributed by atoms with Crippen molar-refractivity contribution >= 4 is 22.2 Å². The van der Waals surface area contributed by atoms with Crippen LogP contribution in [0.3, 0.4) is 0 Å². The van der Waals surface area contributed by atoms with E-state index in [1.54, 1.807) is 11.3 Å². The van der Waals surface area contributed by atoms with Gasteiger partial charge < -0.3 is 5.32 Å². The van der Waals surface area contributed by atoms with Gasteiger partial charge in [0.1, 0.15) is 11.1 Å². The molecule has 4 rings (SSSR count). The predicted molar refractivity (Wildman–Crippen MR) is 126 cm³/mol. The summed E-state index contributed by atoms with van der Waals surface area (Å²) in [5, 5.41) is 13.5. The highest BCUT2D eigenvalue weighted by Gasteiger charge is 2.25. The predicted octanol–water partition coefficient (Wildman–Crippen LogP) is 5.28. The molecule has 2 aromatic carbocycles. The van der Waals surface area contributed by atoms with Crippen molar-refractivity contribution in [3.8, 4) is 6.07 Å². The van der Waals surface area contributed by atoms with Gasteiger partial charge in [0.15, 0.2) is 0 Å². The molecule has 1 N–H and O–H groups in total. The van der Waals surface area contributed by atoms with Crippen LogP contribution in [0.4, 0.5) is 5.00 Å². The first-order valence-electron chi connectivity index (χ1n) is 10.6. The van der Waals surface area contributed by atoms with Crippen molar-refractivity contribution in [2.24, 2.45) is 0 Å². The van der Waals surface area contributed by atoms with E-state index in [0.29, 0.717) is 17.0 Å². The number of carbonyl (C=O) groups excluding carboxylic acids is 1. The van der Waals surface area contributed by atoms with E-state index >= 15 is 0 Å². The molecule has 0 atom stereocenters. The molecule has 0 bridgehead atoms. The van der Waals surface area contributed by atoms with Gasteiger partial charge in [0, 0.05) is 24.5 Å². The SMILES string of the molecule is Cc1cc(C)c(CC(=O)Nc2sc3c(c2C#N)CCN(Cc2ccccc2)C3)c(C)c1. The van der Waals surface area contributed by atoms with E-state index in [2.05, 4.69) is 73.5 Å². The molecule has 158 valence electrons. The van der Waals surface area contributed by atoms with E-state index in [4.69, 9.17) is 0 Å². The van der Waals surface area contributed by atoms with Crippen LogP contribution in [0, 0.1) is 32.1 Å². The Balaban J connectivity index is 1.49. The standard InChI is InChI=1S/C26H27N3OS/c1-17-11-18(2)22(19(3)12-17)13-25(30)28-26-23(14-27)21-9-10-29(16-24(21)31-26)15-20-7-5-4-6-8-20/h4-8,11-12H,9-10,13,15-16H2,1-3H3,(H,28,30). The molecular formula is C26H27N3OS. The Morgan fingerprint density at radius 1 is 1.16 bits per heavy atom. The van der Waals surface area contributed by atoms with E-state index in [9.17, 15) is 10.1 Å². The zero-order valence-electron chi connectivity index (χ0n) is 18.3. The Morgan fingerprint density at radius 3 is 2.55 bits per heavy atom. The van der Waals surface area contributed by atoms with Crippen LogP contribution >= 0.6 is 11.3 Å². The first kappa shape index (κ1) is 21.3. The average molecular weight is 430 g/mol. The quantitative estimate of drug-likeness (QED) is 0.600. The number of thiophene rings is 1. The molecule has 0 aliphatic carbocycles. The number of aryl methyl sites for hydroxylation is 3. The lowest BCUT2D eigenvalue weighted by molar-refractivity contribution is -0.115. The highest BCUT2D eigenvalue weighted by Crippen LogP contribution is 2.37. The maximum atomic E-state index is 12.8. The molecule has 1 aliphatic rings. The Labute approximate surface area is 188 Å². The number of hydrogen-bond acceptors (Lipinski definition) is 4. The molecule has 0 fully saturated rings. The van der Waals surface area contributed by atoms with Crippen LogP contribution in [0.25, 0.3) is 0 Å². The molecule has 1 amide bonds. The van der Waals surface area contributed by atoms with Crippen LogP contribution in [0.2, 0.25) is 0 Å². The molecule has 3 aromatic rings. The number of rotatable bonds is 5. The maximum Gasteiger partial charge on any atom is 0.229 e. The van der Waals surface area contributed by atoms with Crippen molar-refractivity contribution < 1.29 is 4.79 Å². The molecular weight excluding hydrogens is 402 g/mol. The molecule has 0 radical (unpaired) electrons. The maximum absolute atomic E-state index is 12.8. The van der Waals surface area contributed by atoms with Crippen LogP contribution in [-0.2, 0) is 30.7 Å². The Hall–Kier alpha value is -2.94. The van der Waals surface area contributed by atoms with Gasteiger partial charge in [-0.05, 0) is 55.0 Å². The van der Waals surface area contributed by atoms with Crippen LogP contribution in [0.5, 0.6) is 0 Å². The van der Waals surface area contributed by atoms with Gasteiger partial charge in [0.05, 0.1) is 12.0 Å². The molecule has 1 aromatic heterocycles. The summed E-state index contributed by atoms with van der Waals surface area (Å²) in [7, 11) is 0. The molecule has 31 heavy (non-hydrogen) atoms. The highest BCUT2D eigenvalue weighted by molar-refractivity contribution is 7.16. The fraction of sp³-hybridized carbons (Fsp3) is 0.308. The van der Waals surface area contributed by atoms with Gasteiger partial charge in [-0.2, -0.15) is 5.26 Å². The largest absolute Gasteiger partial charge is 0.316 e. The number of hydrogen-bond donors (Lipinski definition) is 1. The van der Waals surface area contributed by atoms with Crippen LogP contribution in [0.1, 0.15) is 43.8 Å². The number of amides is 1. The minimum Gasteiger partial charge on any atom is -0.316 e. The van der Waals surface area contributed by atoms with Gasteiger partial charge in [-0.1, -0.05) is 48.0 Å². The van der Waals surface area contributed by atoms with Crippen LogP contribution in [0.15, 0.2) is 42.5 Å². The fourth-order valence-electron chi connectivity index (χ4n) is 4.46. The molecule has 0 spiro atoms. The number of fused-ring (bicyclic) bond motifs is 1. The van der Waals surface area contributed by atoms with Gasteiger partial charge >= 0.3 is 0 Å². The van der Waals surface area contributed by atoms with Gasteiger partial charge in [-0.15, -0.1) is 11.3 Å². The normalized spacial score (nSPS) is 13.5. The van der Waals surface area contributed by atoms with Crippen molar-refractivity contribution in [3.05, 3.63) is 86.3 Å². The molecule has 0 saturated carbocycles. The van der Waals surface area contributed by atoms with E-state index in [1.807, 2.05) is 6.07 Å². The molecule has 4 nitrogen and oxygen atoms in total. The smallest absolute Gasteiger partial charge is 0.229 e. The topological polar surface area (TPSA) is 56.1 Å². The lowest BCUT2D eigenvalue weighted by atomic mass is 9.97. The van der Waals surface area contributed by atoms with Crippen molar-refractivity contribution in [1.82, 2.24) is 4.90 Å². The van der Waals surface area contributed by atoms with Crippen molar-refractivity contribution in [1.29, 1.82) is 5.26 Å². The zero-order chi connectivity index (χ0) is 22.0. The molecule has 0 unspecified atom stereocenters.